The Hall–Kier alpha value is -0.860. The molecule has 0 aliphatic carbocycles. The molecule has 0 N–H and O–H groups in total. The van der Waals surface area contributed by atoms with Crippen molar-refractivity contribution in [2.45, 2.75) is 26.2 Å². The first-order valence-electron chi connectivity index (χ1n) is 3.90. The van der Waals surface area contributed by atoms with Gasteiger partial charge in [-0.2, -0.15) is 0 Å². The molecule has 0 aromatic carbocycles. The van der Waals surface area contributed by atoms with Crippen LogP contribution in [-0.4, -0.2) is 30.7 Å². The van der Waals surface area contributed by atoms with Crippen LogP contribution in [0.25, 0.3) is 0 Å². The average molecular weight is 157 g/mol. The van der Waals surface area contributed by atoms with Gasteiger partial charge in [0.25, 0.3) is 0 Å². The van der Waals surface area contributed by atoms with E-state index in [2.05, 4.69) is 0 Å². The summed E-state index contributed by atoms with van der Waals surface area (Å²) in [6.45, 7) is 2.77. The third-order valence-corrected chi connectivity index (χ3v) is 1.48. The van der Waals surface area contributed by atoms with Gasteiger partial charge in [-0.05, 0) is 6.42 Å². The molecule has 1 rings (SSSR count). The van der Waals surface area contributed by atoms with Crippen molar-refractivity contribution >= 4 is 12.2 Å². The van der Waals surface area contributed by atoms with Gasteiger partial charge in [0.1, 0.15) is 6.29 Å². The molecule has 0 unspecified atom stereocenters. The highest BCUT2D eigenvalue weighted by atomic mass is 16.2. The number of aldehydes is 1. The van der Waals surface area contributed by atoms with E-state index in [0.29, 0.717) is 12.3 Å². The zero-order valence-corrected chi connectivity index (χ0v) is 7.17. The van der Waals surface area contributed by atoms with Gasteiger partial charge in [-0.15, -0.1) is 0 Å². The lowest BCUT2D eigenvalue weighted by Crippen LogP contribution is -2.17. The zero-order chi connectivity index (χ0) is 8.69. The summed E-state index contributed by atoms with van der Waals surface area (Å²) in [5.74, 6) is 0.292. The number of nitrogens with zero attached hydrogens (tertiary/aromatic N) is 1. The molecular formula is C8H15NO2. The Morgan fingerprint density at radius 1 is 1.64 bits per heavy atom. The van der Waals surface area contributed by atoms with Gasteiger partial charge in [-0.25, -0.2) is 0 Å². The number of rotatable bonds is 1. The highest BCUT2D eigenvalue weighted by molar-refractivity contribution is 5.77. The molecule has 3 nitrogen and oxygen atoms in total. The molecule has 1 aliphatic heterocycles. The highest BCUT2D eigenvalue weighted by Crippen LogP contribution is 2.04. The van der Waals surface area contributed by atoms with E-state index in [1.807, 2.05) is 14.0 Å². The molecule has 3 heteroatoms. The smallest absolute Gasteiger partial charge is 0.222 e. The van der Waals surface area contributed by atoms with Gasteiger partial charge in [0.2, 0.25) is 5.91 Å². The molecule has 1 aliphatic rings. The van der Waals surface area contributed by atoms with E-state index in [9.17, 15) is 9.59 Å². The van der Waals surface area contributed by atoms with Gasteiger partial charge in [0.05, 0.1) is 0 Å². The fraction of sp³-hybridized carbons (Fsp3) is 0.750. The van der Waals surface area contributed by atoms with Crippen molar-refractivity contribution < 1.29 is 9.59 Å². The van der Waals surface area contributed by atoms with E-state index in [1.165, 1.54) is 0 Å². The van der Waals surface area contributed by atoms with Gasteiger partial charge in [0.15, 0.2) is 0 Å². The van der Waals surface area contributed by atoms with Crippen molar-refractivity contribution in [3.63, 3.8) is 0 Å². The van der Waals surface area contributed by atoms with Crippen molar-refractivity contribution in [3.8, 4) is 0 Å². The summed E-state index contributed by atoms with van der Waals surface area (Å²) in [5.41, 5.74) is 0. The molecule has 0 atom stereocenters. The molecular weight excluding hydrogens is 142 g/mol. The first-order chi connectivity index (χ1) is 5.22. The van der Waals surface area contributed by atoms with Gasteiger partial charge in [-0.1, -0.05) is 6.92 Å². The van der Waals surface area contributed by atoms with Gasteiger partial charge in [-0.3, -0.25) is 4.79 Å². The number of likely N-dealkylation sites (tertiary alicyclic amines) is 1. The third kappa shape index (κ3) is 4.53. The molecule has 0 aromatic heterocycles. The summed E-state index contributed by atoms with van der Waals surface area (Å²) in [6, 6.07) is 0. The van der Waals surface area contributed by atoms with Crippen LogP contribution in [0.3, 0.4) is 0 Å². The van der Waals surface area contributed by atoms with E-state index < -0.39 is 0 Å². The average Bonchev–Trinajstić information content (AvgIpc) is 2.37. The van der Waals surface area contributed by atoms with Gasteiger partial charge < -0.3 is 9.69 Å². The predicted octanol–water partition coefficient (Wildman–Crippen LogP) is 0.834. The lowest BCUT2D eigenvalue weighted by molar-refractivity contribution is -0.126. The second-order valence-electron chi connectivity index (χ2n) is 2.49. The molecule has 0 saturated carbocycles. The van der Waals surface area contributed by atoms with Crippen LogP contribution in [-0.2, 0) is 9.59 Å². The maximum Gasteiger partial charge on any atom is 0.222 e. The molecule has 11 heavy (non-hydrogen) atoms. The van der Waals surface area contributed by atoms with Crippen molar-refractivity contribution in [2.24, 2.45) is 0 Å². The van der Waals surface area contributed by atoms with E-state index in [-0.39, 0.29) is 0 Å². The van der Waals surface area contributed by atoms with E-state index >= 15 is 0 Å². The van der Waals surface area contributed by atoms with Crippen LogP contribution in [0.4, 0.5) is 0 Å². The highest BCUT2D eigenvalue weighted by Gasteiger charge is 2.14. The first-order valence-corrected chi connectivity index (χ1v) is 3.90. The van der Waals surface area contributed by atoms with Crippen molar-refractivity contribution in [3.05, 3.63) is 0 Å². The maximum absolute atomic E-state index is 10.5. The Morgan fingerprint density at radius 2 is 2.18 bits per heavy atom. The summed E-state index contributed by atoms with van der Waals surface area (Å²) in [7, 11) is 1.84. The summed E-state index contributed by atoms with van der Waals surface area (Å²) >= 11 is 0. The Bertz CT molecular complexity index is 134. The minimum absolute atomic E-state index is 0.292. The van der Waals surface area contributed by atoms with Crippen LogP contribution in [0.2, 0.25) is 0 Å². The van der Waals surface area contributed by atoms with Crippen LogP contribution in [0.1, 0.15) is 26.2 Å². The third-order valence-electron chi connectivity index (χ3n) is 1.48. The summed E-state index contributed by atoms with van der Waals surface area (Å²) in [5, 5.41) is 0. The van der Waals surface area contributed by atoms with E-state index in [4.69, 9.17) is 0 Å². The normalized spacial score (nSPS) is 15.8. The zero-order valence-electron chi connectivity index (χ0n) is 7.17. The lowest BCUT2D eigenvalue weighted by atomic mass is 10.4. The predicted molar refractivity (Wildman–Crippen MR) is 43.2 cm³/mol. The maximum atomic E-state index is 10.5. The minimum atomic E-state index is 0.292. The van der Waals surface area contributed by atoms with Crippen molar-refractivity contribution in [1.29, 1.82) is 0 Å². The van der Waals surface area contributed by atoms with Crippen LogP contribution in [0.5, 0.6) is 0 Å². The molecule has 64 valence electrons. The molecule has 1 amide bonds. The number of amides is 1. The molecule has 0 bridgehead atoms. The summed E-state index contributed by atoms with van der Waals surface area (Å²) in [6.07, 6.45) is 3.33. The minimum Gasteiger partial charge on any atom is -0.346 e. The van der Waals surface area contributed by atoms with Gasteiger partial charge in [0, 0.05) is 26.4 Å². The summed E-state index contributed by atoms with van der Waals surface area (Å²) < 4.78 is 0. The Balaban J connectivity index is 0.000000218. The second-order valence-corrected chi connectivity index (χ2v) is 2.49. The number of carbonyl (C=O) groups excluding carboxylic acids is 2. The number of hydrogen-bond donors (Lipinski definition) is 0. The largest absolute Gasteiger partial charge is 0.346 e. The monoisotopic (exact) mass is 157 g/mol. The van der Waals surface area contributed by atoms with Crippen LogP contribution >= 0.6 is 0 Å². The molecule has 1 heterocycles. The Morgan fingerprint density at radius 3 is 2.27 bits per heavy atom. The fourth-order valence-corrected chi connectivity index (χ4v) is 0.783. The van der Waals surface area contributed by atoms with Gasteiger partial charge >= 0.3 is 0 Å². The topological polar surface area (TPSA) is 37.4 Å². The standard InChI is InChI=1S/C5H9NO.C3H6O/c1-6-4-2-3-5(6)7;1-2-3-4/h2-4H2,1H3;3H,2H2,1H3. The Kier molecular flexibility index (Phi) is 5.43. The Labute approximate surface area is 67.4 Å². The number of carbonyl (C=O) groups is 2. The van der Waals surface area contributed by atoms with E-state index in [0.717, 1.165) is 25.7 Å². The molecule has 0 radical (unpaired) electrons. The molecule has 0 aromatic rings. The number of hydrogen-bond acceptors (Lipinski definition) is 2. The SMILES string of the molecule is CCC=O.CN1CCCC1=O. The molecule has 1 fully saturated rings. The van der Waals surface area contributed by atoms with Crippen molar-refractivity contribution in [2.75, 3.05) is 13.6 Å². The lowest BCUT2D eigenvalue weighted by Gasteiger charge is -2.03. The quantitative estimate of drug-likeness (QED) is 0.529. The second kappa shape index (κ2) is 5.89. The van der Waals surface area contributed by atoms with E-state index in [1.54, 1.807) is 4.90 Å². The molecule has 1 saturated heterocycles. The fourth-order valence-electron chi connectivity index (χ4n) is 0.783. The first kappa shape index (κ1) is 10.1. The summed E-state index contributed by atoms with van der Waals surface area (Å²) in [4.78, 5) is 21.4. The molecule has 0 spiro atoms. The van der Waals surface area contributed by atoms with Crippen molar-refractivity contribution in [1.82, 2.24) is 4.90 Å². The van der Waals surface area contributed by atoms with Crippen LogP contribution in [0, 0.1) is 0 Å². The van der Waals surface area contributed by atoms with Crippen LogP contribution < -0.4 is 0 Å². The van der Waals surface area contributed by atoms with Crippen LogP contribution in [0.15, 0.2) is 0 Å².